The summed E-state index contributed by atoms with van der Waals surface area (Å²) in [7, 11) is 0. The third kappa shape index (κ3) is 6.78. The summed E-state index contributed by atoms with van der Waals surface area (Å²) in [6.45, 7) is 6.61. The van der Waals surface area contributed by atoms with Gasteiger partial charge in [-0.3, -0.25) is 4.79 Å². The minimum absolute atomic E-state index is 0. The van der Waals surface area contributed by atoms with Crippen molar-refractivity contribution in [3.8, 4) is 0 Å². The molecule has 2 N–H and O–H groups in total. The molecule has 0 spiro atoms. The van der Waals surface area contributed by atoms with E-state index in [2.05, 4.69) is 21.2 Å². The molecule has 1 aliphatic heterocycles. The number of carbonyl (C=O) groups excluding carboxylic acids is 1. The molecule has 2 rings (SSSR count). The summed E-state index contributed by atoms with van der Waals surface area (Å²) >= 11 is 3.43. The lowest BCUT2D eigenvalue weighted by molar-refractivity contribution is -0.144. The number of nitrogens with one attached hydrogen (secondary N) is 1. The van der Waals surface area contributed by atoms with E-state index in [9.17, 15) is 14.7 Å². The lowest BCUT2D eigenvalue weighted by atomic mass is 9.92. The van der Waals surface area contributed by atoms with Crippen LogP contribution in [0.3, 0.4) is 0 Å². The SMILES string of the molecule is CC(C)(C)OC(=O)N1CCC(NCc2cccc(Br)c2)C(C(=O)O)C1.Cl. The maximum Gasteiger partial charge on any atom is 0.410 e. The van der Waals surface area contributed by atoms with E-state index in [1.807, 2.05) is 24.3 Å². The molecule has 1 saturated heterocycles. The molecule has 1 amide bonds. The van der Waals surface area contributed by atoms with Gasteiger partial charge in [0.05, 0.1) is 5.92 Å². The molecule has 146 valence electrons. The number of carbonyl (C=O) groups is 2. The number of benzene rings is 1. The van der Waals surface area contributed by atoms with Crippen LogP contribution in [0.15, 0.2) is 28.7 Å². The van der Waals surface area contributed by atoms with Crippen LogP contribution < -0.4 is 5.32 Å². The molecule has 8 heteroatoms. The predicted octanol–water partition coefficient (Wildman–Crippen LogP) is 3.67. The molecule has 1 fully saturated rings. The number of amides is 1. The number of carboxylic acid groups (broad SMARTS) is 1. The van der Waals surface area contributed by atoms with E-state index in [4.69, 9.17) is 4.74 Å². The van der Waals surface area contributed by atoms with Crippen molar-refractivity contribution in [1.29, 1.82) is 0 Å². The first-order valence-electron chi connectivity index (χ1n) is 8.34. The summed E-state index contributed by atoms with van der Waals surface area (Å²) in [6.07, 6.45) is 0.119. The van der Waals surface area contributed by atoms with Crippen molar-refractivity contribution in [3.05, 3.63) is 34.3 Å². The van der Waals surface area contributed by atoms with Crippen LogP contribution in [0.2, 0.25) is 0 Å². The zero-order chi connectivity index (χ0) is 18.6. The Morgan fingerprint density at radius 3 is 2.65 bits per heavy atom. The maximum atomic E-state index is 12.2. The first-order chi connectivity index (χ1) is 11.7. The quantitative estimate of drug-likeness (QED) is 0.733. The molecule has 6 nitrogen and oxygen atoms in total. The van der Waals surface area contributed by atoms with Crippen LogP contribution in [-0.2, 0) is 16.1 Å². The highest BCUT2D eigenvalue weighted by atomic mass is 79.9. The number of rotatable bonds is 4. The molecular weight excluding hydrogens is 424 g/mol. The van der Waals surface area contributed by atoms with Crippen LogP contribution in [0.5, 0.6) is 0 Å². The number of carboxylic acids is 1. The lowest BCUT2D eigenvalue weighted by Gasteiger charge is -2.37. The van der Waals surface area contributed by atoms with Gasteiger partial charge < -0.3 is 20.1 Å². The Balaban J connectivity index is 0.00000338. The van der Waals surface area contributed by atoms with Crippen LogP contribution in [0.1, 0.15) is 32.8 Å². The second kappa shape index (κ2) is 9.58. The summed E-state index contributed by atoms with van der Waals surface area (Å²) in [5, 5.41) is 12.9. The molecule has 1 aromatic rings. The monoisotopic (exact) mass is 448 g/mol. The van der Waals surface area contributed by atoms with Gasteiger partial charge in [0.1, 0.15) is 5.60 Å². The van der Waals surface area contributed by atoms with Gasteiger partial charge in [-0.05, 0) is 44.9 Å². The average Bonchev–Trinajstić information content (AvgIpc) is 2.51. The van der Waals surface area contributed by atoms with Gasteiger partial charge in [-0.15, -0.1) is 12.4 Å². The smallest absolute Gasteiger partial charge is 0.410 e. The van der Waals surface area contributed by atoms with E-state index in [-0.39, 0.29) is 25.0 Å². The summed E-state index contributed by atoms with van der Waals surface area (Å²) in [4.78, 5) is 25.3. The molecular formula is C18H26BrClN2O4. The van der Waals surface area contributed by atoms with Crippen LogP contribution >= 0.6 is 28.3 Å². The standard InChI is InChI=1S/C18H25BrN2O4.ClH/c1-18(2,3)25-17(24)21-8-7-15(14(11-21)16(22)23)20-10-12-5-4-6-13(19)9-12;/h4-6,9,14-15,20H,7-8,10-11H2,1-3H3,(H,22,23);1H. The highest BCUT2D eigenvalue weighted by Crippen LogP contribution is 2.21. The van der Waals surface area contributed by atoms with Crippen molar-refractivity contribution in [2.24, 2.45) is 5.92 Å². The fraction of sp³-hybridized carbons (Fsp3) is 0.556. The Labute approximate surface area is 168 Å². The van der Waals surface area contributed by atoms with Gasteiger partial charge in [0.15, 0.2) is 0 Å². The number of ether oxygens (including phenoxy) is 1. The second-order valence-electron chi connectivity index (χ2n) is 7.28. The fourth-order valence-corrected chi connectivity index (χ4v) is 3.28. The van der Waals surface area contributed by atoms with E-state index in [1.165, 1.54) is 4.90 Å². The lowest BCUT2D eigenvalue weighted by Crippen LogP contribution is -2.54. The summed E-state index contributed by atoms with van der Waals surface area (Å²) < 4.78 is 6.34. The van der Waals surface area contributed by atoms with Crippen LogP contribution in [-0.4, -0.2) is 46.8 Å². The van der Waals surface area contributed by atoms with Crippen LogP contribution in [0, 0.1) is 5.92 Å². The topological polar surface area (TPSA) is 78.9 Å². The van der Waals surface area contributed by atoms with Gasteiger partial charge in [0.25, 0.3) is 0 Å². The molecule has 0 saturated carbocycles. The summed E-state index contributed by atoms with van der Waals surface area (Å²) in [5.41, 5.74) is 0.485. The molecule has 0 aliphatic carbocycles. The van der Waals surface area contributed by atoms with Gasteiger partial charge in [0.2, 0.25) is 0 Å². The number of halogens is 2. The fourth-order valence-electron chi connectivity index (χ4n) is 2.83. The minimum atomic E-state index is -0.903. The molecule has 1 aromatic carbocycles. The van der Waals surface area contributed by atoms with Gasteiger partial charge in [-0.2, -0.15) is 0 Å². The van der Waals surface area contributed by atoms with Crippen molar-refractivity contribution in [2.45, 2.75) is 45.4 Å². The molecule has 1 heterocycles. The van der Waals surface area contributed by atoms with E-state index in [0.717, 1.165) is 10.0 Å². The number of hydrogen-bond acceptors (Lipinski definition) is 4. The maximum absolute atomic E-state index is 12.2. The van der Waals surface area contributed by atoms with Gasteiger partial charge >= 0.3 is 12.1 Å². The number of piperidine rings is 1. The van der Waals surface area contributed by atoms with Crippen LogP contribution in [0.25, 0.3) is 0 Å². The van der Waals surface area contributed by atoms with Crippen molar-refractivity contribution < 1.29 is 19.4 Å². The number of hydrogen-bond donors (Lipinski definition) is 2. The zero-order valence-electron chi connectivity index (χ0n) is 15.2. The Morgan fingerprint density at radius 1 is 1.38 bits per heavy atom. The first-order valence-corrected chi connectivity index (χ1v) is 9.13. The number of likely N-dealkylation sites (tertiary alicyclic amines) is 1. The molecule has 0 bridgehead atoms. The highest BCUT2D eigenvalue weighted by molar-refractivity contribution is 9.10. The Hall–Kier alpha value is -1.31. The minimum Gasteiger partial charge on any atom is -0.481 e. The zero-order valence-corrected chi connectivity index (χ0v) is 17.6. The van der Waals surface area contributed by atoms with E-state index in [0.29, 0.717) is 19.5 Å². The average molecular weight is 450 g/mol. The molecule has 0 radical (unpaired) electrons. The second-order valence-corrected chi connectivity index (χ2v) is 8.19. The molecule has 26 heavy (non-hydrogen) atoms. The summed E-state index contributed by atoms with van der Waals surface area (Å²) in [6, 6.07) is 7.70. The van der Waals surface area contributed by atoms with Crippen molar-refractivity contribution in [3.63, 3.8) is 0 Å². The van der Waals surface area contributed by atoms with E-state index in [1.54, 1.807) is 20.8 Å². The molecule has 2 unspecified atom stereocenters. The van der Waals surface area contributed by atoms with Gasteiger partial charge in [-0.1, -0.05) is 28.1 Å². The van der Waals surface area contributed by atoms with Crippen molar-refractivity contribution in [2.75, 3.05) is 13.1 Å². The Kier molecular flexibility index (Phi) is 8.37. The van der Waals surface area contributed by atoms with Crippen molar-refractivity contribution in [1.82, 2.24) is 10.2 Å². The first kappa shape index (κ1) is 22.7. The third-order valence-electron chi connectivity index (χ3n) is 4.04. The number of nitrogens with zero attached hydrogens (tertiary/aromatic N) is 1. The Morgan fingerprint density at radius 2 is 2.08 bits per heavy atom. The van der Waals surface area contributed by atoms with Gasteiger partial charge in [-0.25, -0.2) is 4.79 Å². The highest BCUT2D eigenvalue weighted by Gasteiger charge is 2.37. The molecule has 2 atom stereocenters. The van der Waals surface area contributed by atoms with Crippen molar-refractivity contribution >= 4 is 40.4 Å². The predicted molar refractivity (Wildman–Crippen MR) is 106 cm³/mol. The van der Waals surface area contributed by atoms with Crippen LogP contribution in [0.4, 0.5) is 4.79 Å². The van der Waals surface area contributed by atoms with Gasteiger partial charge in [0, 0.05) is 30.1 Å². The summed E-state index contributed by atoms with van der Waals surface area (Å²) in [5.74, 6) is -1.56. The molecule has 0 aromatic heterocycles. The molecule has 1 aliphatic rings. The Bertz CT molecular complexity index is 636. The normalized spacial score (nSPS) is 20.2. The van der Waals surface area contributed by atoms with E-state index < -0.39 is 23.6 Å². The number of aliphatic carboxylic acids is 1. The third-order valence-corrected chi connectivity index (χ3v) is 4.53. The largest absolute Gasteiger partial charge is 0.481 e. The van der Waals surface area contributed by atoms with E-state index >= 15 is 0 Å².